The van der Waals surface area contributed by atoms with E-state index in [9.17, 15) is 14.4 Å². The Hall–Kier alpha value is -3.10. The van der Waals surface area contributed by atoms with Gasteiger partial charge in [-0.15, -0.1) is 0 Å². The second-order valence-electron chi connectivity index (χ2n) is 5.91. The minimum Gasteiger partial charge on any atom is -0.481 e. The van der Waals surface area contributed by atoms with Gasteiger partial charge in [-0.25, -0.2) is 4.79 Å². The third-order valence-corrected chi connectivity index (χ3v) is 3.86. The molecule has 3 amide bonds. The number of hydrogen-bond donors (Lipinski definition) is 5. The monoisotopic (exact) mass is 347 g/mol. The van der Waals surface area contributed by atoms with Crippen LogP contribution in [0.25, 0.3) is 0 Å². The highest BCUT2D eigenvalue weighted by Gasteiger charge is 2.33. The van der Waals surface area contributed by atoms with Crippen LogP contribution in [0.2, 0.25) is 0 Å². The van der Waals surface area contributed by atoms with Crippen LogP contribution in [0.15, 0.2) is 24.3 Å². The molecule has 0 radical (unpaired) electrons. The number of carboxylic acid groups (broad SMARTS) is 1. The maximum Gasteiger partial charge on any atom is 0.315 e. The van der Waals surface area contributed by atoms with Gasteiger partial charge in [0, 0.05) is 23.8 Å². The first kappa shape index (κ1) is 18.2. The molecule has 0 saturated carbocycles. The number of urea groups is 1. The summed E-state index contributed by atoms with van der Waals surface area (Å²) in [7, 11) is 0. The highest BCUT2D eigenvalue weighted by atomic mass is 16.4. The molecule has 1 aliphatic rings. The molecule has 1 fully saturated rings. The quantitative estimate of drug-likeness (QED) is 0.369. The lowest BCUT2D eigenvalue weighted by atomic mass is 10.2. The lowest BCUT2D eigenvalue weighted by Gasteiger charge is -2.18. The molecule has 9 nitrogen and oxygen atoms in total. The molecule has 0 spiro atoms. The van der Waals surface area contributed by atoms with Crippen LogP contribution in [0, 0.1) is 5.41 Å². The van der Waals surface area contributed by atoms with E-state index in [0.717, 1.165) is 0 Å². The van der Waals surface area contributed by atoms with Crippen molar-refractivity contribution < 1.29 is 19.5 Å². The lowest BCUT2D eigenvalue weighted by molar-refractivity contribution is -0.137. The zero-order valence-electron chi connectivity index (χ0n) is 13.8. The van der Waals surface area contributed by atoms with Gasteiger partial charge in [0.15, 0.2) is 0 Å². The molecule has 0 bridgehead atoms. The minimum absolute atomic E-state index is 0.0500. The lowest BCUT2D eigenvalue weighted by Crippen LogP contribution is -2.48. The van der Waals surface area contributed by atoms with Crippen LogP contribution in [-0.2, 0) is 9.59 Å². The molecule has 0 aliphatic carbocycles. The van der Waals surface area contributed by atoms with E-state index in [4.69, 9.17) is 16.2 Å². The Morgan fingerprint density at radius 1 is 1.40 bits per heavy atom. The van der Waals surface area contributed by atoms with E-state index in [1.54, 1.807) is 36.1 Å². The van der Waals surface area contributed by atoms with Crippen molar-refractivity contribution in [2.45, 2.75) is 31.8 Å². The summed E-state index contributed by atoms with van der Waals surface area (Å²) in [4.78, 5) is 36.5. The first-order valence-corrected chi connectivity index (χ1v) is 7.82. The molecule has 0 aromatic heterocycles. The number of aliphatic carboxylic acids is 1. The Morgan fingerprint density at radius 3 is 2.60 bits per heavy atom. The molecule has 1 aromatic carbocycles. The SMILES string of the molecule is CC(CC(=O)O)NC(=O)N[C@@H]1CCN(c2ccc(C(=N)N)cc2)C1=O. The largest absolute Gasteiger partial charge is 0.481 e. The minimum atomic E-state index is -1.01. The predicted octanol–water partition coefficient (Wildman–Crippen LogP) is 0.238. The van der Waals surface area contributed by atoms with E-state index in [1.807, 2.05) is 0 Å². The van der Waals surface area contributed by atoms with Crippen molar-refractivity contribution in [2.24, 2.45) is 5.73 Å². The molecule has 134 valence electrons. The molecular weight excluding hydrogens is 326 g/mol. The number of carbonyl (C=O) groups is 3. The summed E-state index contributed by atoms with van der Waals surface area (Å²) in [5.41, 5.74) is 6.64. The third-order valence-electron chi connectivity index (χ3n) is 3.86. The standard InChI is InChI=1S/C16H21N5O4/c1-9(8-13(22)23)19-16(25)20-12-6-7-21(15(12)24)11-4-2-10(3-5-11)14(17)18/h2-5,9,12H,6-8H2,1H3,(H3,17,18)(H,22,23)(H2,19,20,25)/t9?,12-/m1/s1. The van der Waals surface area contributed by atoms with Crippen molar-refractivity contribution in [3.8, 4) is 0 Å². The van der Waals surface area contributed by atoms with Crippen LogP contribution in [0.1, 0.15) is 25.3 Å². The Labute approximate surface area is 144 Å². The van der Waals surface area contributed by atoms with Gasteiger partial charge in [0.25, 0.3) is 0 Å². The molecular formula is C16H21N5O4. The Bertz CT molecular complexity index is 688. The Balaban J connectivity index is 1.93. The van der Waals surface area contributed by atoms with Crippen LogP contribution in [-0.4, -0.2) is 47.5 Å². The van der Waals surface area contributed by atoms with Crippen molar-refractivity contribution in [1.82, 2.24) is 10.6 Å². The maximum absolute atomic E-state index is 12.4. The number of anilines is 1. The number of carbonyl (C=O) groups excluding carboxylic acids is 2. The van der Waals surface area contributed by atoms with Crippen LogP contribution >= 0.6 is 0 Å². The summed E-state index contributed by atoms with van der Waals surface area (Å²) >= 11 is 0. The highest BCUT2D eigenvalue weighted by Crippen LogP contribution is 2.22. The van der Waals surface area contributed by atoms with Gasteiger partial charge in [0.1, 0.15) is 11.9 Å². The fourth-order valence-corrected chi connectivity index (χ4v) is 2.63. The molecule has 6 N–H and O–H groups in total. The molecule has 1 aromatic rings. The molecule has 1 heterocycles. The van der Waals surface area contributed by atoms with Gasteiger partial charge < -0.3 is 26.4 Å². The second kappa shape index (κ2) is 7.65. The van der Waals surface area contributed by atoms with Crippen molar-refractivity contribution in [3.63, 3.8) is 0 Å². The van der Waals surface area contributed by atoms with Gasteiger partial charge >= 0.3 is 12.0 Å². The van der Waals surface area contributed by atoms with Crippen LogP contribution in [0.5, 0.6) is 0 Å². The predicted molar refractivity (Wildman–Crippen MR) is 91.6 cm³/mol. The molecule has 1 aliphatic heterocycles. The zero-order valence-corrected chi connectivity index (χ0v) is 13.8. The van der Waals surface area contributed by atoms with Crippen LogP contribution in [0.3, 0.4) is 0 Å². The summed E-state index contributed by atoms with van der Waals surface area (Å²) in [6.45, 7) is 2.03. The van der Waals surface area contributed by atoms with Gasteiger partial charge in [0.05, 0.1) is 6.42 Å². The van der Waals surface area contributed by atoms with Crippen molar-refractivity contribution in [2.75, 3.05) is 11.4 Å². The van der Waals surface area contributed by atoms with E-state index in [-0.39, 0.29) is 18.2 Å². The Kier molecular flexibility index (Phi) is 5.58. The number of rotatable bonds is 6. The molecule has 2 rings (SSSR count). The number of nitrogens with zero attached hydrogens (tertiary/aromatic N) is 1. The fourth-order valence-electron chi connectivity index (χ4n) is 2.63. The van der Waals surface area contributed by atoms with E-state index >= 15 is 0 Å². The van der Waals surface area contributed by atoms with Crippen LogP contribution in [0.4, 0.5) is 10.5 Å². The number of benzene rings is 1. The summed E-state index contributed by atoms with van der Waals surface area (Å²) in [5, 5.41) is 21.1. The molecule has 2 atom stereocenters. The normalized spacial score (nSPS) is 17.9. The van der Waals surface area contributed by atoms with Crippen molar-refractivity contribution in [1.29, 1.82) is 5.41 Å². The summed E-state index contributed by atoms with van der Waals surface area (Å²) < 4.78 is 0. The summed E-state index contributed by atoms with van der Waals surface area (Å²) in [5.74, 6) is -1.30. The zero-order chi connectivity index (χ0) is 18.6. The van der Waals surface area contributed by atoms with E-state index < -0.39 is 24.1 Å². The Morgan fingerprint density at radius 2 is 2.04 bits per heavy atom. The average molecular weight is 347 g/mol. The van der Waals surface area contributed by atoms with Crippen molar-refractivity contribution in [3.05, 3.63) is 29.8 Å². The van der Waals surface area contributed by atoms with Crippen molar-refractivity contribution >= 4 is 29.4 Å². The van der Waals surface area contributed by atoms with E-state index in [0.29, 0.717) is 24.2 Å². The summed E-state index contributed by atoms with van der Waals surface area (Å²) in [6.07, 6.45) is 0.259. The highest BCUT2D eigenvalue weighted by molar-refractivity contribution is 6.02. The second-order valence-corrected chi connectivity index (χ2v) is 5.91. The summed E-state index contributed by atoms with van der Waals surface area (Å²) in [6, 6.07) is 4.95. The third kappa shape index (κ3) is 4.69. The number of nitrogens with two attached hydrogens (primary N) is 1. The molecule has 1 unspecified atom stereocenters. The van der Waals surface area contributed by atoms with Gasteiger partial charge in [-0.3, -0.25) is 15.0 Å². The topological polar surface area (TPSA) is 149 Å². The number of amidine groups is 1. The van der Waals surface area contributed by atoms with E-state index in [1.165, 1.54) is 0 Å². The molecule has 25 heavy (non-hydrogen) atoms. The number of nitrogen functional groups attached to an aromatic ring is 1. The van der Waals surface area contributed by atoms with Gasteiger partial charge in [-0.1, -0.05) is 0 Å². The van der Waals surface area contributed by atoms with Gasteiger partial charge in [0.2, 0.25) is 5.91 Å². The number of hydrogen-bond acceptors (Lipinski definition) is 4. The van der Waals surface area contributed by atoms with Gasteiger partial charge in [-0.05, 0) is 37.6 Å². The number of amides is 3. The molecule has 1 saturated heterocycles. The smallest absolute Gasteiger partial charge is 0.315 e. The average Bonchev–Trinajstić information content (AvgIpc) is 2.87. The first-order chi connectivity index (χ1) is 11.8. The van der Waals surface area contributed by atoms with Crippen LogP contribution < -0.4 is 21.3 Å². The first-order valence-electron chi connectivity index (χ1n) is 7.82. The fraction of sp³-hybridized carbons (Fsp3) is 0.375. The number of nitrogens with one attached hydrogen (secondary N) is 3. The maximum atomic E-state index is 12.4. The van der Waals surface area contributed by atoms with E-state index in [2.05, 4.69) is 10.6 Å². The number of carboxylic acids is 1. The van der Waals surface area contributed by atoms with Gasteiger partial charge in [-0.2, -0.15) is 0 Å². The molecule has 9 heteroatoms.